The summed E-state index contributed by atoms with van der Waals surface area (Å²) >= 11 is 6.03. The Bertz CT molecular complexity index is 919. The number of nitrogens with zero attached hydrogens (tertiary/aromatic N) is 1. The molecule has 1 aliphatic rings. The van der Waals surface area contributed by atoms with Crippen LogP contribution in [0.25, 0.3) is 0 Å². The normalized spacial score (nSPS) is 15.5. The molecule has 3 amide bonds. The smallest absolute Gasteiger partial charge is 0.309 e. The van der Waals surface area contributed by atoms with E-state index >= 15 is 0 Å². The molecule has 1 atom stereocenters. The number of hydrogen-bond acceptors (Lipinski definition) is 5. The van der Waals surface area contributed by atoms with E-state index in [4.69, 9.17) is 21.1 Å². The van der Waals surface area contributed by atoms with E-state index in [-0.39, 0.29) is 19.0 Å². The molecule has 0 bridgehead atoms. The van der Waals surface area contributed by atoms with Gasteiger partial charge < -0.3 is 25.0 Å². The highest BCUT2D eigenvalue weighted by Crippen LogP contribution is 2.17. The molecule has 1 aliphatic heterocycles. The molecule has 0 spiro atoms. The van der Waals surface area contributed by atoms with Gasteiger partial charge in [0.2, 0.25) is 0 Å². The summed E-state index contributed by atoms with van der Waals surface area (Å²) in [7, 11) is 1.55. The highest BCUT2D eigenvalue weighted by molar-refractivity contribution is 6.35. The fourth-order valence-electron chi connectivity index (χ4n) is 2.98. The Morgan fingerprint density at radius 3 is 2.50 bits per heavy atom. The highest BCUT2D eigenvalue weighted by atomic mass is 35.5. The lowest BCUT2D eigenvalue weighted by atomic mass is 10.2. The van der Waals surface area contributed by atoms with Gasteiger partial charge in [0.15, 0.2) is 0 Å². The van der Waals surface area contributed by atoms with E-state index in [1.807, 2.05) is 0 Å². The van der Waals surface area contributed by atoms with Crippen LogP contribution < -0.4 is 15.4 Å². The summed E-state index contributed by atoms with van der Waals surface area (Å²) in [6.45, 7) is 0.874. The average Bonchev–Trinajstić information content (AvgIpc) is 3.24. The molecule has 0 saturated carbocycles. The zero-order chi connectivity index (χ0) is 21.5. The van der Waals surface area contributed by atoms with E-state index in [2.05, 4.69) is 10.6 Å². The second-order valence-corrected chi connectivity index (χ2v) is 6.94. The van der Waals surface area contributed by atoms with Gasteiger partial charge in [-0.3, -0.25) is 14.4 Å². The van der Waals surface area contributed by atoms with Crippen LogP contribution in [0.15, 0.2) is 48.5 Å². The minimum Gasteiger partial charge on any atom is -0.497 e. The number of amides is 3. The maximum Gasteiger partial charge on any atom is 0.309 e. The molecule has 0 radical (unpaired) electrons. The summed E-state index contributed by atoms with van der Waals surface area (Å²) in [6.07, 6.45) is -0.653. The van der Waals surface area contributed by atoms with Crippen molar-refractivity contribution in [3.8, 4) is 5.75 Å². The van der Waals surface area contributed by atoms with Crippen LogP contribution >= 0.6 is 11.6 Å². The van der Waals surface area contributed by atoms with E-state index in [1.54, 1.807) is 55.6 Å². The number of nitrogens with one attached hydrogen (secondary N) is 2. The van der Waals surface area contributed by atoms with Gasteiger partial charge in [-0.1, -0.05) is 29.8 Å². The molecular weight excluding hydrogens is 410 g/mol. The third-order valence-electron chi connectivity index (χ3n) is 4.63. The quantitative estimate of drug-likeness (QED) is 0.677. The number of ether oxygens (including phenoxy) is 2. The summed E-state index contributed by atoms with van der Waals surface area (Å²) < 4.78 is 10.6. The van der Waals surface area contributed by atoms with Crippen LogP contribution in [0, 0.1) is 0 Å². The molecule has 2 N–H and O–H groups in total. The predicted molar refractivity (Wildman–Crippen MR) is 110 cm³/mol. The van der Waals surface area contributed by atoms with Gasteiger partial charge in [-0.25, -0.2) is 0 Å². The fourth-order valence-corrected chi connectivity index (χ4v) is 3.18. The lowest BCUT2D eigenvalue weighted by molar-refractivity contribution is -0.139. The molecule has 2 aromatic carbocycles. The van der Waals surface area contributed by atoms with E-state index in [1.165, 1.54) is 4.90 Å². The number of hydrogen-bond donors (Lipinski definition) is 2. The largest absolute Gasteiger partial charge is 0.497 e. The molecule has 0 aliphatic carbocycles. The Balaban J connectivity index is 1.51. The molecule has 0 unspecified atom stereocenters. The number of benzene rings is 2. The standard InChI is InChI=1S/C21H22ClN3O5/c1-29-16-8-6-14(7-9-16)21(28)25-10-11-30-18(25)13-24-20(27)19(26)23-12-15-4-2-3-5-17(15)22/h2-9,18H,10-13H2,1H3,(H,23,26)(H,24,27)/t18-/m1/s1. The van der Waals surface area contributed by atoms with Crippen molar-refractivity contribution < 1.29 is 23.9 Å². The maximum atomic E-state index is 12.7. The summed E-state index contributed by atoms with van der Waals surface area (Å²) in [4.78, 5) is 38.4. The first-order valence-corrected chi connectivity index (χ1v) is 9.73. The van der Waals surface area contributed by atoms with Crippen LogP contribution in [-0.4, -0.2) is 55.7 Å². The molecule has 9 heteroatoms. The second kappa shape index (κ2) is 10.1. The van der Waals surface area contributed by atoms with Gasteiger partial charge >= 0.3 is 11.8 Å². The van der Waals surface area contributed by atoms with Gasteiger partial charge in [-0.15, -0.1) is 0 Å². The van der Waals surface area contributed by atoms with Gasteiger partial charge in [0.1, 0.15) is 12.0 Å². The SMILES string of the molecule is COc1ccc(C(=O)N2CCO[C@@H]2CNC(=O)C(=O)NCc2ccccc2Cl)cc1. The molecular formula is C21H22ClN3O5. The summed E-state index contributed by atoms with van der Waals surface area (Å²) in [5.74, 6) is -1.18. The molecule has 2 aromatic rings. The Hall–Kier alpha value is -3.10. The van der Waals surface area contributed by atoms with E-state index < -0.39 is 18.0 Å². The van der Waals surface area contributed by atoms with E-state index in [0.29, 0.717) is 35.1 Å². The van der Waals surface area contributed by atoms with Crippen LogP contribution in [0.4, 0.5) is 0 Å². The molecule has 1 heterocycles. The fraction of sp³-hybridized carbons (Fsp3) is 0.286. The first-order valence-electron chi connectivity index (χ1n) is 9.35. The Morgan fingerprint density at radius 1 is 1.10 bits per heavy atom. The number of rotatable bonds is 6. The lowest BCUT2D eigenvalue weighted by Crippen LogP contribution is -2.47. The first kappa shape index (κ1) is 21.6. The molecule has 158 valence electrons. The van der Waals surface area contributed by atoms with Crippen molar-refractivity contribution in [2.75, 3.05) is 26.8 Å². The Labute approximate surface area is 179 Å². The monoisotopic (exact) mass is 431 g/mol. The van der Waals surface area contributed by atoms with Gasteiger partial charge in [0, 0.05) is 23.7 Å². The van der Waals surface area contributed by atoms with Crippen LogP contribution in [0.3, 0.4) is 0 Å². The number of carbonyl (C=O) groups is 3. The molecule has 1 saturated heterocycles. The average molecular weight is 432 g/mol. The Morgan fingerprint density at radius 2 is 1.80 bits per heavy atom. The van der Waals surface area contributed by atoms with Crippen LogP contribution in [0.1, 0.15) is 15.9 Å². The van der Waals surface area contributed by atoms with Gasteiger partial charge in [-0.2, -0.15) is 0 Å². The second-order valence-electron chi connectivity index (χ2n) is 6.54. The van der Waals surface area contributed by atoms with Gasteiger partial charge in [0.25, 0.3) is 5.91 Å². The van der Waals surface area contributed by atoms with Crippen LogP contribution in [0.5, 0.6) is 5.75 Å². The molecule has 0 aromatic heterocycles. The van der Waals surface area contributed by atoms with Crippen molar-refractivity contribution in [1.82, 2.24) is 15.5 Å². The van der Waals surface area contributed by atoms with Crippen molar-refractivity contribution in [2.24, 2.45) is 0 Å². The highest BCUT2D eigenvalue weighted by Gasteiger charge is 2.31. The summed E-state index contributed by atoms with van der Waals surface area (Å²) in [6, 6.07) is 13.8. The predicted octanol–water partition coefficient (Wildman–Crippen LogP) is 1.58. The number of methoxy groups -OCH3 is 1. The molecule has 30 heavy (non-hydrogen) atoms. The van der Waals surface area contributed by atoms with Crippen molar-refractivity contribution in [1.29, 1.82) is 0 Å². The van der Waals surface area contributed by atoms with Crippen molar-refractivity contribution >= 4 is 29.3 Å². The van der Waals surface area contributed by atoms with Crippen LogP contribution in [0.2, 0.25) is 5.02 Å². The van der Waals surface area contributed by atoms with Crippen molar-refractivity contribution in [3.63, 3.8) is 0 Å². The lowest BCUT2D eigenvalue weighted by Gasteiger charge is -2.23. The number of carbonyl (C=O) groups excluding carboxylic acids is 3. The first-order chi connectivity index (χ1) is 14.5. The molecule has 3 rings (SSSR count). The van der Waals surface area contributed by atoms with Gasteiger partial charge in [0.05, 0.1) is 20.3 Å². The zero-order valence-corrected chi connectivity index (χ0v) is 17.1. The molecule has 8 nitrogen and oxygen atoms in total. The number of halogens is 1. The Kier molecular flexibility index (Phi) is 7.26. The minimum absolute atomic E-state index is 0.000239. The maximum absolute atomic E-state index is 12.7. The van der Waals surface area contributed by atoms with Gasteiger partial charge in [-0.05, 0) is 35.9 Å². The third kappa shape index (κ3) is 5.28. The minimum atomic E-state index is -0.811. The third-order valence-corrected chi connectivity index (χ3v) is 5.00. The molecule has 1 fully saturated rings. The van der Waals surface area contributed by atoms with E-state index in [9.17, 15) is 14.4 Å². The van der Waals surface area contributed by atoms with Crippen molar-refractivity contribution in [3.05, 3.63) is 64.7 Å². The summed E-state index contributed by atoms with van der Waals surface area (Å²) in [5.41, 5.74) is 1.19. The van der Waals surface area contributed by atoms with E-state index in [0.717, 1.165) is 0 Å². The van der Waals surface area contributed by atoms with Crippen LogP contribution in [-0.2, 0) is 20.9 Å². The topological polar surface area (TPSA) is 97.0 Å². The van der Waals surface area contributed by atoms with Crippen molar-refractivity contribution in [2.45, 2.75) is 12.8 Å². The summed E-state index contributed by atoms with van der Waals surface area (Å²) in [5, 5.41) is 5.53. The zero-order valence-electron chi connectivity index (χ0n) is 16.4.